The number of nitrogens with one attached hydrogen (secondary N) is 1. The highest BCUT2D eigenvalue weighted by molar-refractivity contribution is 5.95. The largest absolute Gasteiger partial charge is 0.497 e. The van der Waals surface area contributed by atoms with Crippen LogP contribution in [0.2, 0.25) is 0 Å². The minimum atomic E-state index is -0.156. The molecule has 2 aromatic rings. The van der Waals surface area contributed by atoms with E-state index in [4.69, 9.17) is 4.74 Å². The maximum absolute atomic E-state index is 12.6. The van der Waals surface area contributed by atoms with E-state index in [1.807, 2.05) is 38.1 Å². The molecule has 0 radical (unpaired) electrons. The zero-order valence-corrected chi connectivity index (χ0v) is 15.7. The lowest BCUT2D eigenvalue weighted by molar-refractivity contribution is 0.0938. The number of rotatable bonds is 5. The normalized spacial score (nSPS) is 15.4. The van der Waals surface area contributed by atoms with Gasteiger partial charge >= 0.3 is 0 Å². The van der Waals surface area contributed by atoms with E-state index in [2.05, 4.69) is 20.2 Å². The second kappa shape index (κ2) is 8.17. The van der Waals surface area contributed by atoms with Crippen LogP contribution in [-0.4, -0.2) is 36.1 Å². The van der Waals surface area contributed by atoms with Crippen LogP contribution in [0.3, 0.4) is 0 Å². The fraction of sp³-hybridized carbons (Fsp3) is 0.450. The highest BCUT2D eigenvalue weighted by Crippen LogP contribution is 2.19. The Morgan fingerprint density at radius 2 is 1.88 bits per heavy atom. The molecule has 138 valence electrons. The number of benzene rings is 1. The number of aromatic nitrogens is 2. The van der Waals surface area contributed by atoms with Crippen LogP contribution in [0.1, 0.15) is 53.8 Å². The summed E-state index contributed by atoms with van der Waals surface area (Å²) in [5.41, 5.74) is 2.24. The molecule has 1 aromatic carbocycles. The minimum Gasteiger partial charge on any atom is -0.497 e. The number of hydrogen-bond donors (Lipinski definition) is 1. The van der Waals surface area contributed by atoms with Gasteiger partial charge in [-0.05, 0) is 50.8 Å². The Morgan fingerprint density at radius 1 is 1.19 bits per heavy atom. The second-order valence-electron chi connectivity index (χ2n) is 6.69. The van der Waals surface area contributed by atoms with E-state index in [1.54, 1.807) is 13.3 Å². The van der Waals surface area contributed by atoms with Crippen molar-refractivity contribution in [3.8, 4) is 5.75 Å². The van der Waals surface area contributed by atoms with Crippen molar-refractivity contribution in [2.45, 2.75) is 39.2 Å². The average molecular weight is 354 g/mol. The quantitative estimate of drug-likeness (QED) is 0.892. The Morgan fingerprint density at radius 3 is 2.50 bits per heavy atom. The third-order valence-electron chi connectivity index (χ3n) is 4.81. The summed E-state index contributed by atoms with van der Waals surface area (Å²) in [7, 11) is 1.64. The van der Waals surface area contributed by atoms with Crippen LogP contribution in [0.4, 0.5) is 5.95 Å². The fourth-order valence-electron chi connectivity index (χ4n) is 3.17. The van der Waals surface area contributed by atoms with Gasteiger partial charge in [-0.2, -0.15) is 0 Å². The molecule has 1 fully saturated rings. The zero-order valence-electron chi connectivity index (χ0n) is 15.7. The summed E-state index contributed by atoms with van der Waals surface area (Å²) in [5.74, 6) is 1.36. The van der Waals surface area contributed by atoms with Crippen molar-refractivity contribution in [1.82, 2.24) is 15.3 Å². The fourth-order valence-corrected chi connectivity index (χ4v) is 3.17. The molecule has 0 spiro atoms. The first-order chi connectivity index (χ1) is 12.6. The number of methoxy groups -OCH3 is 1. The van der Waals surface area contributed by atoms with Crippen LogP contribution in [0.15, 0.2) is 30.5 Å². The number of anilines is 1. The first kappa shape index (κ1) is 18.2. The van der Waals surface area contributed by atoms with Crippen molar-refractivity contribution in [1.29, 1.82) is 0 Å². The molecule has 1 aliphatic heterocycles. The number of hydrogen-bond acceptors (Lipinski definition) is 5. The average Bonchev–Trinajstić information content (AvgIpc) is 2.68. The third-order valence-corrected chi connectivity index (χ3v) is 4.81. The standard InChI is InChI=1S/C20H26N4O2/c1-14(16-7-9-17(26-3)10-8-16)22-19(25)18-13-21-20(23-15(18)2)24-11-5-4-6-12-24/h7-10,13-14H,4-6,11-12H2,1-3H3,(H,22,25). The van der Waals surface area contributed by atoms with Gasteiger partial charge in [-0.1, -0.05) is 12.1 Å². The van der Waals surface area contributed by atoms with Crippen molar-refractivity contribution in [2.24, 2.45) is 0 Å². The Bertz CT molecular complexity index is 755. The lowest BCUT2D eigenvalue weighted by Gasteiger charge is -2.27. The van der Waals surface area contributed by atoms with Gasteiger partial charge in [0.25, 0.3) is 5.91 Å². The smallest absolute Gasteiger partial charge is 0.255 e. The van der Waals surface area contributed by atoms with Crippen molar-refractivity contribution >= 4 is 11.9 Å². The van der Waals surface area contributed by atoms with Crippen LogP contribution in [0.5, 0.6) is 5.75 Å². The summed E-state index contributed by atoms with van der Waals surface area (Å²) in [6, 6.07) is 7.56. The van der Waals surface area contributed by atoms with Gasteiger partial charge in [0.2, 0.25) is 5.95 Å². The summed E-state index contributed by atoms with van der Waals surface area (Å²) >= 11 is 0. The molecule has 1 aliphatic rings. The monoisotopic (exact) mass is 354 g/mol. The molecule has 6 heteroatoms. The van der Waals surface area contributed by atoms with Gasteiger partial charge in [-0.25, -0.2) is 9.97 Å². The summed E-state index contributed by atoms with van der Waals surface area (Å²) in [4.78, 5) is 23.8. The van der Waals surface area contributed by atoms with Gasteiger partial charge in [-0.3, -0.25) is 4.79 Å². The van der Waals surface area contributed by atoms with Crippen LogP contribution in [0.25, 0.3) is 0 Å². The molecular weight excluding hydrogens is 328 g/mol. The Kier molecular flexibility index (Phi) is 5.71. The number of amides is 1. The number of piperidine rings is 1. The number of aryl methyl sites for hydroxylation is 1. The molecule has 0 saturated carbocycles. The minimum absolute atomic E-state index is 0.116. The van der Waals surface area contributed by atoms with Gasteiger partial charge in [0, 0.05) is 19.3 Å². The van der Waals surface area contributed by atoms with Gasteiger partial charge in [0.1, 0.15) is 5.75 Å². The molecule has 1 saturated heterocycles. The van der Waals surface area contributed by atoms with E-state index >= 15 is 0 Å². The predicted molar refractivity (Wildman–Crippen MR) is 102 cm³/mol. The van der Waals surface area contributed by atoms with Gasteiger partial charge in [0.05, 0.1) is 24.4 Å². The molecule has 26 heavy (non-hydrogen) atoms. The molecule has 6 nitrogen and oxygen atoms in total. The van der Waals surface area contributed by atoms with Gasteiger partial charge in [0.15, 0.2) is 0 Å². The lowest BCUT2D eigenvalue weighted by atomic mass is 10.1. The molecule has 0 aliphatic carbocycles. The van der Waals surface area contributed by atoms with Crippen molar-refractivity contribution in [2.75, 3.05) is 25.1 Å². The highest BCUT2D eigenvalue weighted by atomic mass is 16.5. The van der Waals surface area contributed by atoms with E-state index in [1.165, 1.54) is 19.3 Å². The topological polar surface area (TPSA) is 67.3 Å². The predicted octanol–water partition coefficient (Wildman–Crippen LogP) is 3.27. The van der Waals surface area contributed by atoms with Gasteiger partial charge < -0.3 is 15.0 Å². The van der Waals surface area contributed by atoms with E-state index < -0.39 is 0 Å². The van der Waals surface area contributed by atoms with E-state index in [0.29, 0.717) is 11.3 Å². The van der Waals surface area contributed by atoms with Crippen LogP contribution in [0, 0.1) is 6.92 Å². The second-order valence-corrected chi connectivity index (χ2v) is 6.69. The molecule has 1 atom stereocenters. The molecule has 0 bridgehead atoms. The number of carbonyl (C=O) groups is 1. The molecule has 1 unspecified atom stereocenters. The summed E-state index contributed by atoms with van der Waals surface area (Å²) in [6.45, 7) is 5.79. The lowest BCUT2D eigenvalue weighted by Crippen LogP contribution is -2.32. The van der Waals surface area contributed by atoms with Crippen LogP contribution < -0.4 is 15.0 Å². The third kappa shape index (κ3) is 4.12. The zero-order chi connectivity index (χ0) is 18.5. The Labute approximate surface area is 154 Å². The maximum Gasteiger partial charge on any atom is 0.255 e. The molecule has 3 rings (SSSR count). The summed E-state index contributed by atoms with van der Waals surface area (Å²) in [6.07, 6.45) is 5.25. The van der Waals surface area contributed by atoms with E-state index in [9.17, 15) is 4.79 Å². The first-order valence-corrected chi connectivity index (χ1v) is 9.12. The maximum atomic E-state index is 12.6. The number of nitrogens with zero attached hydrogens (tertiary/aromatic N) is 3. The van der Waals surface area contributed by atoms with Crippen LogP contribution >= 0.6 is 0 Å². The highest BCUT2D eigenvalue weighted by Gasteiger charge is 2.18. The van der Waals surface area contributed by atoms with E-state index in [-0.39, 0.29) is 11.9 Å². The molecular formula is C20H26N4O2. The SMILES string of the molecule is COc1ccc(C(C)NC(=O)c2cnc(N3CCCCC3)nc2C)cc1. The van der Waals surface area contributed by atoms with Crippen LogP contribution in [-0.2, 0) is 0 Å². The first-order valence-electron chi connectivity index (χ1n) is 9.12. The van der Waals surface area contributed by atoms with Crippen molar-refractivity contribution < 1.29 is 9.53 Å². The summed E-state index contributed by atoms with van der Waals surface area (Å²) < 4.78 is 5.17. The molecule has 1 N–H and O–H groups in total. The Balaban J connectivity index is 1.68. The van der Waals surface area contributed by atoms with E-state index in [0.717, 1.165) is 30.4 Å². The summed E-state index contributed by atoms with van der Waals surface area (Å²) in [5, 5.41) is 3.02. The number of carbonyl (C=O) groups excluding carboxylic acids is 1. The van der Waals surface area contributed by atoms with Crippen molar-refractivity contribution in [3.05, 3.63) is 47.3 Å². The molecule has 2 heterocycles. The molecule has 1 aromatic heterocycles. The molecule has 1 amide bonds. The van der Waals surface area contributed by atoms with Gasteiger partial charge in [-0.15, -0.1) is 0 Å². The van der Waals surface area contributed by atoms with Crippen molar-refractivity contribution in [3.63, 3.8) is 0 Å². The number of ether oxygens (including phenoxy) is 1. The Hall–Kier alpha value is -2.63.